The third-order valence-electron chi connectivity index (χ3n) is 2.79. The highest BCUT2D eigenvalue weighted by atomic mass is 16.5. The number of carboxylic acid groups (broad SMARTS) is 1. The molecule has 0 saturated heterocycles. The van der Waals surface area contributed by atoms with Gasteiger partial charge >= 0.3 is 5.97 Å². The summed E-state index contributed by atoms with van der Waals surface area (Å²) in [5, 5.41) is 9.97. The van der Waals surface area contributed by atoms with Gasteiger partial charge in [0.2, 0.25) is 0 Å². The summed E-state index contributed by atoms with van der Waals surface area (Å²) >= 11 is 0. The van der Waals surface area contributed by atoms with Crippen LogP contribution >= 0.6 is 0 Å². The van der Waals surface area contributed by atoms with Crippen LogP contribution in [0.25, 0.3) is 10.9 Å². The third kappa shape index (κ3) is 2.03. The fourth-order valence-electron chi connectivity index (χ4n) is 2.04. The van der Waals surface area contributed by atoms with Crippen LogP contribution in [-0.2, 0) is 18.4 Å². The number of aryl methyl sites for hydroxylation is 1. The minimum absolute atomic E-state index is 0.331. The van der Waals surface area contributed by atoms with Crippen molar-refractivity contribution in [1.82, 2.24) is 4.57 Å². The van der Waals surface area contributed by atoms with E-state index < -0.39 is 5.97 Å². The zero-order valence-corrected chi connectivity index (χ0v) is 9.93. The molecule has 0 atom stereocenters. The molecule has 90 valence electrons. The van der Waals surface area contributed by atoms with Gasteiger partial charge in [0.25, 0.3) is 0 Å². The molecule has 4 heteroatoms. The Hall–Kier alpha value is -1.81. The molecule has 1 heterocycles. The molecule has 0 fully saturated rings. The first-order valence-electron chi connectivity index (χ1n) is 5.53. The molecule has 17 heavy (non-hydrogen) atoms. The molecule has 0 spiro atoms. The zero-order valence-electron chi connectivity index (χ0n) is 9.93. The molecule has 4 nitrogen and oxygen atoms in total. The van der Waals surface area contributed by atoms with Crippen LogP contribution < -0.4 is 0 Å². The van der Waals surface area contributed by atoms with Gasteiger partial charge in [-0.05, 0) is 19.1 Å². The topological polar surface area (TPSA) is 51.5 Å². The Balaban J connectivity index is 2.63. The molecule has 0 bridgehead atoms. The van der Waals surface area contributed by atoms with Gasteiger partial charge in [0.1, 0.15) is 0 Å². The number of hydrogen-bond donors (Lipinski definition) is 1. The smallest absolute Gasteiger partial charge is 0.336 e. The number of rotatable bonds is 4. The molecule has 0 radical (unpaired) electrons. The summed E-state index contributed by atoms with van der Waals surface area (Å²) in [6.07, 6.45) is 1.92. The van der Waals surface area contributed by atoms with Gasteiger partial charge in [-0.15, -0.1) is 0 Å². The normalized spacial score (nSPS) is 10.9. The molecule has 2 rings (SSSR count). The van der Waals surface area contributed by atoms with E-state index in [0.29, 0.717) is 18.8 Å². The van der Waals surface area contributed by atoms with E-state index in [9.17, 15) is 9.90 Å². The van der Waals surface area contributed by atoms with E-state index in [0.717, 1.165) is 16.5 Å². The Morgan fingerprint density at radius 1 is 1.47 bits per heavy atom. The lowest BCUT2D eigenvalue weighted by Gasteiger charge is -2.02. The molecule has 0 amide bonds. The van der Waals surface area contributed by atoms with Crippen molar-refractivity contribution in [3.05, 3.63) is 35.5 Å². The van der Waals surface area contributed by atoms with Crippen LogP contribution in [0.2, 0.25) is 0 Å². The SMILES string of the molecule is CCOCc1cn(C)c2cccc(C(=O)O)c12. The molecular formula is C13H15NO3. The molecule has 0 saturated carbocycles. The summed E-state index contributed by atoms with van der Waals surface area (Å²) in [6, 6.07) is 5.30. The summed E-state index contributed by atoms with van der Waals surface area (Å²) in [5.41, 5.74) is 2.17. The van der Waals surface area contributed by atoms with Gasteiger partial charge in [-0.1, -0.05) is 6.07 Å². The first-order chi connectivity index (χ1) is 8.15. The molecule has 1 N–H and O–H groups in total. The first kappa shape index (κ1) is 11.7. The highest BCUT2D eigenvalue weighted by Gasteiger charge is 2.14. The van der Waals surface area contributed by atoms with Crippen molar-refractivity contribution in [2.45, 2.75) is 13.5 Å². The van der Waals surface area contributed by atoms with Crippen LogP contribution in [0, 0.1) is 0 Å². The summed E-state index contributed by atoms with van der Waals surface area (Å²) in [7, 11) is 1.91. The fourth-order valence-corrected chi connectivity index (χ4v) is 2.04. The largest absolute Gasteiger partial charge is 0.478 e. The highest BCUT2D eigenvalue weighted by Crippen LogP contribution is 2.25. The lowest BCUT2D eigenvalue weighted by atomic mass is 10.1. The Morgan fingerprint density at radius 3 is 2.88 bits per heavy atom. The minimum atomic E-state index is -0.903. The Labute approximate surface area is 99.4 Å². The lowest BCUT2D eigenvalue weighted by molar-refractivity contribution is 0.0699. The maximum Gasteiger partial charge on any atom is 0.336 e. The monoisotopic (exact) mass is 233 g/mol. The predicted octanol–water partition coefficient (Wildman–Crippen LogP) is 2.41. The van der Waals surface area contributed by atoms with E-state index in [-0.39, 0.29) is 0 Å². The molecule has 0 aliphatic rings. The van der Waals surface area contributed by atoms with Crippen LogP contribution in [0.1, 0.15) is 22.8 Å². The fraction of sp³-hybridized carbons (Fsp3) is 0.308. The maximum atomic E-state index is 11.2. The average molecular weight is 233 g/mol. The molecular weight excluding hydrogens is 218 g/mol. The lowest BCUT2D eigenvalue weighted by Crippen LogP contribution is -1.99. The number of nitrogens with zero attached hydrogens (tertiary/aromatic N) is 1. The molecule has 2 aromatic rings. The standard InChI is InChI=1S/C13H15NO3/c1-3-17-8-9-7-14(2)11-6-4-5-10(12(9)11)13(15)16/h4-7H,3,8H2,1-2H3,(H,15,16). The number of aromatic nitrogens is 1. The summed E-state index contributed by atoms with van der Waals surface area (Å²) in [6.45, 7) is 2.98. The van der Waals surface area contributed by atoms with Crippen molar-refractivity contribution < 1.29 is 14.6 Å². The van der Waals surface area contributed by atoms with Gasteiger partial charge in [-0.3, -0.25) is 0 Å². The number of aromatic carboxylic acids is 1. The summed E-state index contributed by atoms with van der Waals surface area (Å²) in [4.78, 5) is 11.2. The minimum Gasteiger partial charge on any atom is -0.478 e. The second-order valence-corrected chi connectivity index (χ2v) is 3.91. The number of carbonyl (C=O) groups is 1. The number of ether oxygens (including phenoxy) is 1. The third-order valence-corrected chi connectivity index (χ3v) is 2.79. The second kappa shape index (κ2) is 4.59. The van der Waals surface area contributed by atoms with E-state index in [1.165, 1.54) is 0 Å². The average Bonchev–Trinajstić information content (AvgIpc) is 2.64. The van der Waals surface area contributed by atoms with Gasteiger partial charge in [0.05, 0.1) is 12.2 Å². The van der Waals surface area contributed by atoms with E-state index in [1.807, 2.05) is 30.8 Å². The van der Waals surface area contributed by atoms with Crippen LogP contribution in [-0.4, -0.2) is 22.2 Å². The van der Waals surface area contributed by atoms with Gasteiger partial charge in [-0.2, -0.15) is 0 Å². The van der Waals surface area contributed by atoms with E-state index >= 15 is 0 Å². The van der Waals surface area contributed by atoms with Crippen molar-refractivity contribution >= 4 is 16.9 Å². The Bertz CT molecular complexity index is 557. The molecule has 1 aromatic carbocycles. The number of carboxylic acids is 1. The van der Waals surface area contributed by atoms with Crippen molar-refractivity contribution in [3.8, 4) is 0 Å². The van der Waals surface area contributed by atoms with E-state index in [4.69, 9.17) is 4.74 Å². The van der Waals surface area contributed by atoms with Gasteiger partial charge in [-0.25, -0.2) is 4.79 Å². The summed E-state index contributed by atoms with van der Waals surface area (Å²) < 4.78 is 7.30. The quantitative estimate of drug-likeness (QED) is 0.882. The van der Waals surface area contributed by atoms with Crippen LogP contribution in [0.15, 0.2) is 24.4 Å². The first-order valence-corrected chi connectivity index (χ1v) is 5.53. The highest BCUT2D eigenvalue weighted by molar-refractivity contribution is 6.04. The van der Waals surface area contributed by atoms with Crippen molar-refractivity contribution in [2.75, 3.05) is 6.61 Å². The van der Waals surface area contributed by atoms with Crippen molar-refractivity contribution in [1.29, 1.82) is 0 Å². The molecule has 0 aliphatic carbocycles. The maximum absolute atomic E-state index is 11.2. The second-order valence-electron chi connectivity index (χ2n) is 3.91. The zero-order chi connectivity index (χ0) is 12.4. The van der Waals surface area contributed by atoms with Crippen molar-refractivity contribution in [2.24, 2.45) is 7.05 Å². The van der Waals surface area contributed by atoms with Crippen molar-refractivity contribution in [3.63, 3.8) is 0 Å². The number of fused-ring (bicyclic) bond motifs is 1. The Kier molecular flexibility index (Phi) is 3.15. The van der Waals surface area contributed by atoms with Crippen LogP contribution in [0.5, 0.6) is 0 Å². The van der Waals surface area contributed by atoms with Gasteiger partial charge in [0, 0.05) is 36.3 Å². The van der Waals surface area contributed by atoms with Gasteiger partial charge in [0.15, 0.2) is 0 Å². The Morgan fingerprint density at radius 2 is 2.24 bits per heavy atom. The van der Waals surface area contributed by atoms with E-state index in [2.05, 4.69) is 0 Å². The predicted molar refractivity (Wildman–Crippen MR) is 65.2 cm³/mol. The van der Waals surface area contributed by atoms with Crippen LogP contribution in [0.4, 0.5) is 0 Å². The van der Waals surface area contributed by atoms with E-state index in [1.54, 1.807) is 12.1 Å². The number of benzene rings is 1. The molecule has 1 aromatic heterocycles. The number of hydrogen-bond acceptors (Lipinski definition) is 2. The summed E-state index contributed by atoms with van der Waals surface area (Å²) in [5.74, 6) is -0.903. The molecule has 0 unspecified atom stereocenters. The van der Waals surface area contributed by atoms with Crippen LogP contribution in [0.3, 0.4) is 0 Å². The molecule has 0 aliphatic heterocycles. The van der Waals surface area contributed by atoms with Gasteiger partial charge < -0.3 is 14.4 Å².